The minimum atomic E-state index is -1.04. The van der Waals surface area contributed by atoms with Crippen molar-refractivity contribution < 1.29 is 19.8 Å². The van der Waals surface area contributed by atoms with E-state index in [0.717, 1.165) is 31.3 Å². The van der Waals surface area contributed by atoms with Gasteiger partial charge in [0.25, 0.3) is 0 Å². The Morgan fingerprint density at radius 3 is 2.74 bits per heavy atom. The Hall–Kier alpha value is -1.00. The van der Waals surface area contributed by atoms with Crippen LogP contribution in [0.3, 0.4) is 0 Å². The minimum Gasteiger partial charge on any atom is -0.393 e. The summed E-state index contributed by atoms with van der Waals surface area (Å²) in [6, 6.07) is 0. The normalized spacial score (nSPS) is 49.3. The second-order valence-electron chi connectivity index (χ2n) is 8.14. The minimum absolute atomic E-state index is 0.0902. The molecule has 23 heavy (non-hydrogen) atoms. The molecule has 0 heterocycles. The van der Waals surface area contributed by atoms with E-state index in [1.165, 1.54) is 0 Å². The van der Waals surface area contributed by atoms with E-state index in [-0.39, 0.29) is 29.0 Å². The van der Waals surface area contributed by atoms with Crippen LogP contribution in [0.4, 0.5) is 0 Å². The van der Waals surface area contributed by atoms with Crippen LogP contribution in [0, 0.1) is 23.2 Å². The van der Waals surface area contributed by atoms with Gasteiger partial charge in [-0.1, -0.05) is 6.92 Å². The van der Waals surface area contributed by atoms with Gasteiger partial charge in [0.2, 0.25) is 0 Å². The molecule has 4 heteroatoms. The predicted octanol–water partition coefficient (Wildman–Crippen LogP) is 2.17. The van der Waals surface area contributed by atoms with Gasteiger partial charge in [0, 0.05) is 24.2 Å². The molecular weight excluding hydrogens is 292 g/mol. The Kier molecular flexibility index (Phi) is 3.37. The lowest BCUT2D eigenvalue weighted by atomic mass is 9.49. The van der Waals surface area contributed by atoms with Crippen LogP contribution in [0.15, 0.2) is 11.6 Å². The molecule has 0 unspecified atom stereocenters. The van der Waals surface area contributed by atoms with Crippen molar-refractivity contribution in [1.82, 2.24) is 0 Å². The van der Waals surface area contributed by atoms with Gasteiger partial charge >= 0.3 is 0 Å². The lowest BCUT2D eigenvalue weighted by Gasteiger charge is -2.58. The van der Waals surface area contributed by atoms with Crippen molar-refractivity contribution in [2.24, 2.45) is 23.2 Å². The fourth-order valence-electron chi connectivity index (χ4n) is 6.46. The van der Waals surface area contributed by atoms with Crippen molar-refractivity contribution in [2.75, 3.05) is 0 Å². The molecule has 0 radical (unpaired) electrons. The molecule has 3 fully saturated rings. The maximum atomic E-state index is 12.6. The number of ketones is 2. The Bertz CT molecular complexity index is 594. The highest BCUT2D eigenvalue weighted by Crippen LogP contribution is 2.62. The van der Waals surface area contributed by atoms with Crippen LogP contribution in [-0.2, 0) is 9.59 Å². The van der Waals surface area contributed by atoms with E-state index in [2.05, 4.69) is 6.92 Å². The van der Waals surface area contributed by atoms with Gasteiger partial charge in [-0.25, -0.2) is 0 Å². The van der Waals surface area contributed by atoms with E-state index < -0.39 is 11.7 Å². The van der Waals surface area contributed by atoms with E-state index >= 15 is 0 Å². The third-order valence-corrected chi connectivity index (χ3v) is 7.49. The molecule has 126 valence electrons. The van der Waals surface area contributed by atoms with E-state index in [0.29, 0.717) is 31.5 Å². The summed E-state index contributed by atoms with van der Waals surface area (Å²) in [5.41, 5.74) is -0.591. The topological polar surface area (TPSA) is 74.6 Å². The zero-order chi connectivity index (χ0) is 16.4. The Morgan fingerprint density at radius 2 is 2.00 bits per heavy atom. The summed E-state index contributed by atoms with van der Waals surface area (Å²) in [5.74, 6) is 0.672. The van der Waals surface area contributed by atoms with Crippen molar-refractivity contribution in [3.63, 3.8) is 0 Å². The summed E-state index contributed by atoms with van der Waals surface area (Å²) in [5, 5.41) is 22.3. The van der Waals surface area contributed by atoms with Gasteiger partial charge in [-0.3, -0.25) is 9.59 Å². The molecule has 0 bridgehead atoms. The molecule has 4 aliphatic rings. The third kappa shape index (κ3) is 1.91. The number of fused-ring (bicyclic) bond motifs is 5. The summed E-state index contributed by atoms with van der Waals surface area (Å²) in [6.45, 7) is 2.06. The van der Waals surface area contributed by atoms with E-state index in [9.17, 15) is 19.8 Å². The first kappa shape index (κ1) is 15.5. The number of hydrogen-bond acceptors (Lipinski definition) is 4. The van der Waals surface area contributed by atoms with Crippen LogP contribution in [0.25, 0.3) is 0 Å². The summed E-state index contributed by atoms with van der Waals surface area (Å²) < 4.78 is 0. The third-order valence-electron chi connectivity index (χ3n) is 7.49. The SMILES string of the molecule is CC[C@]12C[C@@H](O)[C@H]3[C@@H](CCC4=CC(=O)CC[C@@]43O)[C@@H]1CCC2=O. The average Bonchev–Trinajstić information content (AvgIpc) is 2.85. The fraction of sp³-hybridized carbons (Fsp3) is 0.789. The first-order valence-corrected chi connectivity index (χ1v) is 9.10. The molecular formula is C19H26O4. The number of rotatable bonds is 1. The Balaban J connectivity index is 1.76. The highest BCUT2D eigenvalue weighted by Gasteiger charge is 2.63. The summed E-state index contributed by atoms with van der Waals surface area (Å²) in [7, 11) is 0. The molecule has 4 aliphatic carbocycles. The Labute approximate surface area is 137 Å². The molecule has 0 aliphatic heterocycles. The summed E-state index contributed by atoms with van der Waals surface area (Å²) >= 11 is 0. The highest BCUT2D eigenvalue weighted by molar-refractivity contribution is 5.92. The number of carbonyl (C=O) groups is 2. The molecule has 0 spiro atoms. The van der Waals surface area contributed by atoms with Crippen LogP contribution in [-0.4, -0.2) is 33.5 Å². The lowest BCUT2D eigenvalue weighted by Crippen LogP contribution is -2.61. The molecule has 4 nitrogen and oxygen atoms in total. The predicted molar refractivity (Wildman–Crippen MR) is 84.6 cm³/mol. The van der Waals surface area contributed by atoms with Crippen LogP contribution in [0.5, 0.6) is 0 Å². The number of hydrogen-bond donors (Lipinski definition) is 2. The summed E-state index contributed by atoms with van der Waals surface area (Å²) in [6.07, 6.45) is 6.14. The fourth-order valence-corrected chi connectivity index (χ4v) is 6.46. The number of aliphatic hydroxyl groups is 2. The molecule has 0 saturated heterocycles. The van der Waals surface area contributed by atoms with Gasteiger partial charge in [0.05, 0.1) is 11.7 Å². The van der Waals surface area contributed by atoms with Crippen molar-refractivity contribution in [2.45, 2.75) is 70.0 Å². The second-order valence-corrected chi connectivity index (χ2v) is 8.14. The highest BCUT2D eigenvalue weighted by atomic mass is 16.3. The van der Waals surface area contributed by atoms with Crippen LogP contribution in [0.2, 0.25) is 0 Å². The van der Waals surface area contributed by atoms with Crippen LogP contribution >= 0.6 is 0 Å². The van der Waals surface area contributed by atoms with Gasteiger partial charge < -0.3 is 10.2 Å². The molecule has 2 N–H and O–H groups in total. The zero-order valence-corrected chi connectivity index (χ0v) is 13.8. The first-order valence-electron chi connectivity index (χ1n) is 9.10. The monoisotopic (exact) mass is 318 g/mol. The van der Waals surface area contributed by atoms with E-state index in [1.54, 1.807) is 6.08 Å². The number of carbonyl (C=O) groups excluding carboxylic acids is 2. The van der Waals surface area contributed by atoms with Crippen molar-refractivity contribution in [3.05, 3.63) is 11.6 Å². The van der Waals surface area contributed by atoms with Crippen molar-refractivity contribution >= 4 is 11.6 Å². The molecule has 0 amide bonds. The largest absolute Gasteiger partial charge is 0.393 e. The first-order chi connectivity index (χ1) is 10.9. The number of Topliss-reactive ketones (excluding diaryl/α,β-unsaturated/α-hetero) is 1. The second kappa shape index (κ2) is 5.00. The van der Waals surface area contributed by atoms with E-state index in [1.807, 2.05) is 0 Å². The lowest BCUT2D eigenvalue weighted by molar-refractivity contribution is -0.169. The van der Waals surface area contributed by atoms with Crippen molar-refractivity contribution in [1.29, 1.82) is 0 Å². The van der Waals surface area contributed by atoms with Gasteiger partial charge in [-0.2, -0.15) is 0 Å². The smallest absolute Gasteiger partial charge is 0.155 e. The van der Waals surface area contributed by atoms with Crippen LogP contribution < -0.4 is 0 Å². The molecule has 4 rings (SSSR count). The molecule has 0 aromatic carbocycles. The number of aliphatic hydroxyl groups excluding tert-OH is 1. The van der Waals surface area contributed by atoms with Crippen LogP contribution in [0.1, 0.15) is 58.3 Å². The standard InChI is InChI=1S/C19H26O4/c1-2-18-10-15(21)17-13(14(18)5-6-16(18)22)4-3-11-9-12(20)7-8-19(11,17)23/h9,13-15,17,21,23H,2-8,10H2,1H3/t13-,14-,15+,17+,18-,19+/m0/s1. The van der Waals surface area contributed by atoms with Gasteiger partial charge in [-0.15, -0.1) is 0 Å². The zero-order valence-electron chi connectivity index (χ0n) is 13.8. The Morgan fingerprint density at radius 1 is 1.22 bits per heavy atom. The maximum Gasteiger partial charge on any atom is 0.155 e. The van der Waals surface area contributed by atoms with Gasteiger partial charge in [0.15, 0.2) is 5.78 Å². The molecule has 6 atom stereocenters. The maximum absolute atomic E-state index is 12.6. The van der Waals surface area contributed by atoms with E-state index in [4.69, 9.17) is 0 Å². The molecule has 0 aromatic heterocycles. The molecule has 0 aromatic rings. The molecule has 3 saturated carbocycles. The van der Waals surface area contributed by atoms with Gasteiger partial charge in [-0.05, 0) is 62.0 Å². The van der Waals surface area contributed by atoms with Gasteiger partial charge in [0.1, 0.15) is 5.78 Å². The average molecular weight is 318 g/mol. The van der Waals surface area contributed by atoms with Crippen molar-refractivity contribution in [3.8, 4) is 0 Å². The summed E-state index contributed by atoms with van der Waals surface area (Å²) in [4.78, 5) is 24.3. The quantitative estimate of drug-likeness (QED) is 0.777.